The van der Waals surface area contributed by atoms with Crippen LogP contribution < -0.4 is 9.64 Å². The normalized spacial score (nSPS) is 9.85. The number of benzene rings is 1. The van der Waals surface area contributed by atoms with Crippen molar-refractivity contribution in [3.8, 4) is 11.6 Å². The van der Waals surface area contributed by atoms with E-state index in [4.69, 9.17) is 4.74 Å². The number of rotatable bonds is 2. The third-order valence-electron chi connectivity index (χ3n) is 1.43. The summed E-state index contributed by atoms with van der Waals surface area (Å²) in [5, 5.41) is 14.1. The third-order valence-corrected chi connectivity index (χ3v) is 1.43. The van der Waals surface area contributed by atoms with Crippen LogP contribution in [0.2, 0.25) is 0 Å². The van der Waals surface area contributed by atoms with Crippen molar-refractivity contribution in [2.24, 2.45) is 0 Å². The Bertz CT molecular complexity index is 385. The number of aromatic nitrogens is 2. The van der Waals surface area contributed by atoms with Gasteiger partial charge in [0.25, 0.3) is 6.20 Å². The van der Waals surface area contributed by atoms with Crippen molar-refractivity contribution in [1.82, 2.24) is 5.16 Å². The molecule has 5 nitrogen and oxygen atoms in total. The second kappa shape index (κ2) is 3.14. The van der Waals surface area contributed by atoms with Crippen molar-refractivity contribution in [3.63, 3.8) is 0 Å². The molecule has 5 heteroatoms. The van der Waals surface area contributed by atoms with Crippen LogP contribution in [-0.2, 0) is 0 Å². The lowest BCUT2D eigenvalue weighted by atomic mass is 10.3. The first-order chi connectivity index (χ1) is 6.36. The van der Waals surface area contributed by atoms with Crippen molar-refractivity contribution in [3.05, 3.63) is 41.7 Å². The minimum atomic E-state index is 0.0196. The van der Waals surface area contributed by atoms with Crippen molar-refractivity contribution < 1.29 is 14.3 Å². The van der Waals surface area contributed by atoms with Crippen molar-refractivity contribution in [2.45, 2.75) is 0 Å². The predicted octanol–water partition coefficient (Wildman–Crippen LogP) is 1.10. The van der Waals surface area contributed by atoms with Gasteiger partial charge in [-0.25, -0.2) is 0 Å². The maximum Gasteiger partial charge on any atom is 0.377 e. The van der Waals surface area contributed by atoms with Crippen molar-refractivity contribution in [2.75, 3.05) is 0 Å². The molecule has 13 heavy (non-hydrogen) atoms. The molecule has 0 N–H and O–H groups in total. The van der Waals surface area contributed by atoms with E-state index in [1.807, 2.05) is 6.07 Å². The van der Waals surface area contributed by atoms with Gasteiger partial charge in [-0.2, -0.15) is 0 Å². The molecule has 0 saturated carbocycles. The van der Waals surface area contributed by atoms with Gasteiger partial charge in [-0.15, -0.1) is 0 Å². The minimum Gasteiger partial charge on any atom is -0.418 e. The SMILES string of the molecule is [O-][n+]1oncc1Oc1ccccc1. The monoisotopic (exact) mass is 178 g/mol. The quantitative estimate of drug-likeness (QED) is 0.646. The van der Waals surface area contributed by atoms with E-state index < -0.39 is 0 Å². The third kappa shape index (κ3) is 1.58. The summed E-state index contributed by atoms with van der Waals surface area (Å²) in [4.78, 5) is 0.201. The number of hydrogen-bond donors (Lipinski definition) is 0. The fraction of sp³-hybridized carbons (Fsp3) is 0. The molecule has 1 aromatic carbocycles. The lowest BCUT2D eigenvalue weighted by molar-refractivity contribution is -0.804. The molecule has 0 aliphatic carbocycles. The van der Waals surface area contributed by atoms with Crippen LogP contribution in [0.25, 0.3) is 0 Å². The Kier molecular flexibility index (Phi) is 1.84. The standard InChI is InChI=1S/C8H6N2O3/c11-10-8(6-9-13-10)12-7-4-2-1-3-5-7/h1-6H. The van der Waals surface area contributed by atoms with Gasteiger partial charge < -0.3 is 9.94 Å². The molecule has 0 fully saturated rings. The van der Waals surface area contributed by atoms with E-state index in [0.717, 1.165) is 0 Å². The van der Waals surface area contributed by atoms with E-state index in [0.29, 0.717) is 5.75 Å². The van der Waals surface area contributed by atoms with E-state index in [1.54, 1.807) is 24.3 Å². The summed E-state index contributed by atoms with van der Waals surface area (Å²) in [5.41, 5.74) is 0. The second-order valence-electron chi connectivity index (χ2n) is 2.33. The summed E-state index contributed by atoms with van der Waals surface area (Å²) in [5.74, 6) is 0.585. The molecule has 0 saturated heterocycles. The Labute approximate surface area is 73.7 Å². The Morgan fingerprint density at radius 3 is 2.69 bits per heavy atom. The zero-order chi connectivity index (χ0) is 9.10. The Morgan fingerprint density at radius 1 is 1.31 bits per heavy atom. The lowest BCUT2D eigenvalue weighted by Crippen LogP contribution is -2.23. The fourth-order valence-corrected chi connectivity index (χ4v) is 0.872. The van der Waals surface area contributed by atoms with Gasteiger partial charge in [0.15, 0.2) is 0 Å². The molecular formula is C8H6N2O3. The van der Waals surface area contributed by atoms with Gasteiger partial charge in [-0.05, 0) is 17.0 Å². The van der Waals surface area contributed by atoms with E-state index >= 15 is 0 Å². The van der Waals surface area contributed by atoms with Crippen LogP contribution in [-0.4, -0.2) is 5.16 Å². The van der Waals surface area contributed by atoms with Crippen LogP contribution in [0.1, 0.15) is 0 Å². The topological polar surface area (TPSA) is 62.2 Å². The summed E-state index contributed by atoms with van der Waals surface area (Å²) in [6.07, 6.45) is 1.21. The van der Waals surface area contributed by atoms with Crippen molar-refractivity contribution in [1.29, 1.82) is 0 Å². The van der Waals surface area contributed by atoms with Gasteiger partial charge in [0.1, 0.15) is 5.75 Å². The number of ether oxygens (including phenoxy) is 1. The van der Waals surface area contributed by atoms with Gasteiger partial charge in [0.05, 0.1) is 0 Å². The summed E-state index contributed by atoms with van der Waals surface area (Å²) in [6.45, 7) is 0. The van der Waals surface area contributed by atoms with Gasteiger partial charge in [-0.1, -0.05) is 18.2 Å². The Hall–Kier alpha value is -2.04. The zero-order valence-electron chi connectivity index (χ0n) is 6.58. The lowest BCUT2D eigenvalue weighted by Gasteiger charge is -1.98. The highest BCUT2D eigenvalue weighted by molar-refractivity contribution is 5.23. The van der Waals surface area contributed by atoms with Crippen molar-refractivity contribution >= 4 is 0 Å². The van der Waals surface area contributed by atoms with E-state index in [-0.39, 0.29) is 10.8 Å². The van der Waals surface area contributed by atoms with Crippen LogP contribution in [0, 0.1) is 5.21 Å². The zero-order valence-corrected chi connectivity index (χ0v) is 6.58. The molecule has 0 radical (unpaired) electrons. The van der Waals surface area contributed by atoms with E-state index in [2.05, 4.69) is 9.79 Å². The number of para-hydroxylation sites is 1. The fourth-order valence-electron chi connectivity index (χ4n) is 0.872. The molecular weight excluding hydrogens is 172 g/mol. The van der Waals surface area contributed by atoms with Crippen LogP contribution in [0.4, 0.5) is 0 Å². The molecule has 0 amide bonds. The average molecular weight is 178 g/mol. The molecule has 66 valence electrons. The predicted molar refractivity (Wildman–Crippen MR) is 42.0 cm³/mol. The molecule has 0 spiro atoms. The maximum absolute atomic E-state index is 10.8. The molecule has 1 aromatic heterocycles. The van der Waals surface area contributed by atoms with E-state index in [9.17, 15) is 5.21 Å². The van der Waals surface area contributed by atoms with E-state index in [1.165, 1.54) is 6.20 Å². The summed E-state index contributed by atoms with van der Waals surface area (Å²) < 4.78 is 9.37. The first kappa shape index (κ1) is 7.60. The summed E-state index contributed by atoms with van der Waals surface area (Å²) in [7, 11) is 0. The summed E-state index contributed by atoms with van der Waals surface area (Å²) in [6, 6.07) is 8.92. The van der Waals surface area contributed by atoms with Crippen LogP contribution in [0.15, 0.2) is 41.2 Å². The van der Waals surface area contributed by atoms with Crippen LogP contribution >= 0.6 is 0 Å². The summed E-state index contributed by atoms with van der Waals surface area (Å²) >= 11 is 0. The minimum absolute atomic E-state index is 0.0196. The van der Waals surface area contributed by atoms with Gasteiger partial charge in [-0.3, -0.25) is 4.63 Å². The van der Waals surface area contributed by atoms with Gasteiger partial charge in [0.2, 0.25) is 0 Å². The van der Waals surface area contributed by atoms with Gasteiger partial charge in [0, 0.05) is 5.16 Å². The highest BCUT2D eigenvalue weighted by atomic mass is 16.8. The molecule has 0 atom stereocenters. The first-order valence-electron chi connectivity index (χ1n) is 3.64. The smallest absolute Gasteiger partial charge is 0.377 e. The molecule has 0 bridgehead atoms. The molecule has 0 unspecified atom stereocenters. The van der Waals surface area contributed by atoms with Gasteiger partial charge >= 0.3 is 5.88 Å². The largest absolute Gasteiger partial charge is 0.418 e. The molecule has 0 aliphatic rings. The first-order valence-corrected chi connectivity index (χ1v) is 3.64. The average Bonchev–Trinajstić information content (AvgIpc) is 2.54. The number of hydrogen-bond acceptors (Lipinski definition) is 4. The van der Waals surface area contributed by atoms with Crippen LogP contribution in [0.3, 0.4) is 0 Å². The second-order valence-corrected chi connectivity index (χ2v) is 2.33. The molecule has 0 aliphatic heterocycles. The highest BCUT2D eigenvalue weighted by Crippen LogP contribution is 2.15. The number of nitrogens with zero attached hydrogens (tertiary/aromatic N) is 2. The molecule has 1 heterocycles. The maximum atomic E-state index is 10.8. The Balaban J connectivity index is 2.20. The van der Waals surface area contributed by atoms with Crippen LogP contribution in [0.5, 0.6) is 11.6 Å². The Morgan fingerprint density at radius 2 is 2.08 bits per heavy atom. The highest BCUT2D eigenvalue weighted by Gasteiger charge is 2.08. The molecule has 2 aromatic rings. The molecule has 2 rings (SSSR count).